The SMILES string of the molecule is C[C@@H](C(=O)N[C@H]1CCO[C@H]2CC(C)(C)[C@@H](C(=O)n3ccc4ccccc43)N2C1=O)N(C)C(=O)OC(C)(C)C. The molecule has 1 N–H and O–H groups in total. The third kappa shape index (κ3) is 5.27. The highest BCUT2D eigenvalue weighted by molar-refractivity contribution is 5.99. The van der Waals surface area contributed by atoms with Crippen LogP contribution in [0.25, 0.3) is 10.9 Å². The summed E-state index contributed by atoms with van der Waals surface area (Å²) in [4.78, 5) is 56.1. The second-order valence-corrected chi connectivity index (χ2v) is 11.9. The van der Waals surface area contributed by atoms with E-state index in [0.717, 1.165) is 10.9 Å². The highest BCUT2D eigenvalue weighted by atomic mass is 16.6. The third-order valence-corrected chi connectivity index (χ3v) is 7.33. The molecule has 0 aliphatic carbocycles. The lowest BCUT2D eigenvalue weighted by Gasteiger charge is -2.34. The maximum absolute atomic E-state index is 13.9. The van der Waals surface area contributed by atoms with Crippen LogP contribution in [0.2, 0.25) is 0 Å². The molecule has 4 atom stereocenters. The van der Waals surface area contributed by atoms with Gasteiger partial charge in [0.25, 0.3) is 5.91 Å². The first-order chi connectivity index (χ1) is 17.7. The van der Waals surface area contributed by atoms with Crippen LogP contribution < -0.4 is 5.32 Å². The van der Waals surface area contributed by atoms with Crippen molar-refractivity contribution in [2.45, 2.75) is 84.3 Å². The van der Waals surface area contributed by atoms with Crippen LogP contribution in [0, 0.1) is 5.41 Å². The fraction of sp³-hybridized carbons (Fsp3) is 0.571. The Kier molecular flexibility index (Phi) is 7.31. The van der Waals surface area contributed by atoms with Crippen LogP contribution in [-0.4, -0.2) is 81.8 Å². The van der Waals surface area contributed by atoms with Crippen LogP contribution in [0.5, 0.6) is 0 Å². The van der Waals surface area contributed by atoms with Crippen LogP contribution in [0.3, 0.4) is 0 Å². The summed E-state index contributed by atoms with van der Waals surface area (Å²) in [7, 11) is 1.48. The molecule has 2 aliphatic rings. The maximum Gasteiger partial charge on any atom is 0.410 e. The highest BCUT2D eigenvalue weighted by Gasteiger charge is 2.55. The summed E-state index contributed by atoms with van der Waals surface area (Å²) in [5.74, 6) is -1.08. The molecule has 3 amide bonds. The fourth-order valence-corrected chi connectivity index (χ4v) is 5.19. The van der Waals surface area contributed by atoms with Crippen molar-refractivity contribution >= 4 is 34.7 Å². The minimum atomic E-state index is -0.896. The number of rotatable bonds is 4. The Labute approximate surface area is 223 Å². The lowest BCUT2D eigenvalue weighted by atomic mass is 9.83. The van der Waals surface area contributed by atoms with Gasteiger partial charge >= 0.3 is 6.09 Å². The van der Waals surface area contributed by atoms with Gasteiger partial charge in [-0.25, -0.2) is 4.79 Å². The summed E-state index contributed by atoms with van der Waals surface area (Å²) in [6.45, 7) is 11.0. The van der Waals surface area contributed by atoms with Gasteiger partial charge < -0.3 is 19.7 Å². The topological polar surface area (TPSA) is 110 Å². The molecule has 2 aliphatic heterocycles. The molecule has 38 heavy (non-hydrogen) atoms. The second kappa shape index (κ2) is 10.1. The van der Waals surface area contributed by atoms with E-state index >= 15 is 0 Å². The lowest BCUT2D eigenvalue weighted by molar-refractivity contribution is -0.143. The van der Waals surface area contributed by atoms with E-state index in [-0.39, 0.29) is 24.8 Å². The summed E-state index contributed by atoms with van der Waals surface area (Å²) < 4.78 is 13.0. The number of aromatic nitrogens is 1. The zero-order valence-corrected chi connectivity index (χ0v) is 23.2. The number of likely N-dealkylation sites (N-methyl/N-ethyl adjacent to an activating group) is 1. The van der Waals surface area contributed by atoms with E-state index in [1.54, 1.807) is 38.5 Å². The number of carbonyl (C=O) groups is 4. The van der Waals surface area contributed by atoms with Crippen molar-refractivity contribution in [3.8, 4) is 0 Å². The van der Waals surface area contributed by atoms with Gasteiger partial charge in [0.15, 0.2) is 0 Å². The van der Waals surface area contributed by atoms with Crippen molar-refractivity contribution in [3.63, 3.8) is 0 Å². The number of carbonyl (C=O) groups excluding carboxylic acids is 4. The first-order valence-corrected chi connectivity index (χ1v) is 13.0. The Bertz CT molecular complexity index is 1250. The van der Waals surface area contributed by atoms with E-state index in [0.29, 0.717) is 6.42 Å². The summed E-state index contributed by atoms with van der Waals surface area (Å²) >= 11 is 0. The summed E-state index contributed by atoms with van der Waals surface area (Å²) in [5.41, 5.74) is -0.497. The standard InChI is InChI=1S/C28H38N4O6/c1-17(30(7)26(36)38-27(2,3)4)23(33)29-19-13-15-37-21-16-28(5,6)22(32(21)24(19)34)25(35)31-14-12-18-10-8-9-11-20(18)31/h8-12,14,17,19,21-22H,13,15-16H2,1-7H3,(H,29,33)/t17-,19-,21-,22+/m0/s1. The van der Waals surface area contributed by atoms with Crippen LogP contribution in [0.15, 0.2) is 36.5 Å². The molecule has 2 aromatic rings. The zero-order chi connectivity index (χ0) is 28.0. The number of nitrogens with zero attached hydrogens (tertiary/aromatic N) is 3. The first kappa shape index (κ1) is 27.6. The van der Waals surface area contributed by atoms with Gasteiger partial charge in [0.2, 0.25) is 11.8 Å². The fourth-order valence-electron chi connectivity index (χ4n) is 5.19. The monoisotopic (exact) mass is 526 g/mol. The van der Waals surface area contributed by atoms with Crippen molar-refractivity contribution in [1.82, 2.24) is 19.7 Å². The number of hydrogen-bond donors (Lipinski definition) is 1. The minimum absolute atomic E-state index is 0.222. The Morgan fingerprint density at radius 1 is 1.18 bits per heavy atom. The van der Waals surface area contributed by atoms with E-state index in [1.807, 2.05) is 44.2 Å². The largest absolute Gasteiger partial charge is 0.444 e. The smallest absolute Gasteiger partial charge is 0.410 e. The van der Waals surface area contributed by atoms with Crippen molar-refractivity contribution in [3.05, 3.63) is 36.5 Å². The van der Waals surface area contributed by atoms with Crippen molar-refractivity contribution in [2.75, 3.05) is 13.7 Å². The minimum Gasteiger partial charge on any atom is -0.444 e. The summed E-state index contributed by atoms with van der Waals surface area (Å²) in [5, 5.41) is 3.72. The van der Waals surface area contributed by atoms with E-state index in [2.05, 4.69) is 5.32 Å². The average Bonchev–Trinajstić information content (AvgIpc) is 3.34. The Balaban J connectivity index is 1.55. The molecule has 2 saturated heterocycles. The molecule has 10 nitrogen and oxygen atoms in total. The Morgan fingerprint density at radius 3 is 2.55 bits per heavy atom. The van der Waals surface area contributed by atoms with Gasteiger partial charge in [0.1, 0.15) is 30.0 Å². The van der Waals surface area contributed by atoms with Gasteiger partial charge in [0, 0.05) is 25.1 Å². The number of benzene rings is 1. The number of amides is 3. The van der Waals surface area contributed by atoms with Crippen molar-refractivity contribution in [1.29, 1.82) is 0 Å². The second-order valence-electron chi connectivity index (χ2n) is 11.9. The van der Waals surface area contributed by atoms with E-state index in [9.17, 15) is 19.2 Å². The average molecular weight is 527 g/mol. The molecule has 4 rings (SSSR count). The van der Waals surface area contributed by atoms with Crippen molar-refractivity contribution < 1.29 is 28.7 Å². The zero-order valence-electron chi connectivity index (χ0n) is 23.2. The normalized spacial score (nSPS) is 23.9. The molecule has 0 saturated carbocycles. The number of fused-ring (bicyclic) bond motifs is 2. The summed E-state index contributed by atoms with van der Waals surface area (Å²) in [6.07, 6.45) is 1.27. The molecule has 10 heteroatoms. The Morgan fingerprint density at radius 2 is 1.87 bits per heavy atom. The Hall–Kier alpha value is -3.40. The van der Waals surface area contributed by atoms with Gasteiger partial charge in [-0.1, -0.05) is 32.0 Å². The molecule has 0 radical (unpaired) electrons. The number of para-hydroxylation sites is 1. The molecule has 0 spiro atoms. The predicted octanol–water partition coefficient (Wildman–Crippen LogP) is 3.40. The van der Waals surface area contributed by atoms with E-state index in [1.165, 1.54) is 16.8 Å². The molecular formula is C28H38N4O6. The van der Waals surface area contributed by atoms with Crippen LogP contribution >= 0.6 is 0 Å². The predicted molar refractivity (Wildman–Crippen MR) is 141 cm³/mol. The van der Waals surface area contributed by atoms with E-state index < -0.39 is 47.4 Å². The first-order valence-electron chi connectivity index (χ1n) is 13.0. The van der Waals surface area contributed by atoms with Crippen molar-refractivity contribution in [2.24, 2.45) is 5.41 Å². The quantitative estimate of drug-likeness (QED) is 0.654. The van der Waals surface area contributed by atoms with Crippen LogP contribution in [-0.2, 0) is 19.1 Å². The van der Waals surface area contributed by atoms with Gasteiger partial charge in [-0.3, -0.25) is 23.9 Å². The molecule has 0 bridgehead atoms. The molecule has 2 fully saturated rings. The third-order valence-electron chi connectivity index (χ3n) is 7.33. The molecule has 1 aromatic heterocycles. The maximum atomic E-state index is 13.9. The lowest BCUT2D eigenvalue weighted by Crippen LogP contribution is -2.57. The van der Waals surface area contributed by atoms with Gasteiger partial charge in [0.05, 0.1) is 12.1 Å². The highest BCUT2D eigenvalue weighted by Crippen LogP contribution is 2.43. The van der Waals surface area contributed by atoms with Crippen LogP contribution in [0.4, 0.5) is 4.79 Å². The molecule has 206 valence electrons. The number of ether oxygens (including phenoxy) is 2. The van der Waals surface area contributed by atoms with E-state index in [4.69, 9.17) is 9.47 Å². The molecule has 0 unspecified atom stereocenters. The number of hydrogen-bond acceptors (Lipinski definition) is 6. The van der Waals surface area contributed by atoms with Crippen LogP contribution in [0.1, 0.15) is 59.2 Å². The molecule has 3 heterocycles. The van der Waals surface area contributed by atoms with Gasteiger partial charge in [-0.2, -0.15) is 0 Å². The van der Waals surface area contributed by atoms with Gasteiger partial charge in [-0.15, -0.1) is 0 Å². The number of nitrogens with one attached hydrogen (secondary N) is 1. The van der Waals surface area contributed by atoms with Gasteiger partial charge in [-0.05, 0) is 51.7 Å². The molecule has 1 aromatic carbocycles. The summed E-state index contributed by atoms with van der Waals surface area (Å²) in [6, 6.07) is 6.91. The molecular weight excluding hydrogens is 488 g/mol.